The average molecular weight is 389 g/mol. The highest BCUT2D eigenvalue weighted by Crippen LogP contribution is 2.23. The van der Waals surface area contributed by atoms with Crippen LogP contribution in [0.15, 0.2) is 4.73 Å². The average Bonchev–Trinajstić information content (AvgIpc) is 2.63. The van der Waals surface area contributed by atoms with Crippen molar-refractivity contribution in [3.8, 4) is 0 Å². The molecule has 2 rings (SSSR count). The molecule has 1 aliphatic rings. The Morgan fingerprint density at radius 1 is 1.26 bits per heavy atom. The summed E-state index contributed by atoms with van der Waals surface area (Å²) in [6, 6.07) is 0. The van der Waals surface area contributed by atoms with Crippen LogP contribution < -0.4 is 5.73 Å². The Labute approximate surface area is 145 Å². The molecule has 0 atom stereocenters. The van der Waals surface area contributed by atoms with E-state index in [2.05, 4.69) is 20.9 Å². The first-order valence-corrected chi connectivity index (χ1v) is 8.51. The van der Waals surface area contributed by atoms with E-state index in [1.165, 1.54) is 0 Å². The molecule has 0 radical (unpaired) electrons. The molecule has 7 nitrogen and oxygen atoms in total. The predicted molar refractivity (Wildman–Crippen MR) is 91.1 cm³/mol. The maximum Gasteiger partial charge on any atom is 0.410 e. The van der Waals surface area contributed by atoms with Crippen LogP contribution >= 0.6 is 15.9 Å². The SMILES string of the molecule is CC.CC(C)(C)OC(=O)N1CCCn2c(Br)nc(C(N)=O)c2C1. The largest absolute Gasteiger partial charge is 0.444 e. The zero-order valence-corrected chi connectivity index (χ0v) is 15.9. The molecule has 0 fully saturated rings. The van der Waals surface area contributed by atoms with Crippen LogP contribution in [0.4, 0.5) is 4.79 Å². The van der Waals surface area contributed by atoms with Crippen LogP contribution in [0.1, 0.15) is 57.2 Å². The molecule has 0 saturated heterocycles. The van der Waals surface area contributed by atoms with Crippen molar-refractivity contribution >= 4 is 27.9 Å². The van der Waals surface area contributed by atoms with Gasteiger partial charge in [-0.05, 0) is 43.1 Å². The number of imidazole rings is 1. The standard InChI is InChI=1S/C13H19BrN4O3.C2H6/c1-13(2,3)21-12(20)17-5-4-6-18-8(7-17)9(10(15)19)16-11(18)14;1-2/h4-7H2,1-3H3,(H2,15,19);1-2H3. The fraction of sp³-hybridized carbons (Fsp3) is 0.667. The van der Waals surface area contributed by atoms with Gasteiger partial charge < -0.3 is 19.9 Å². The second-order valence-corrected chi connectivity index (χ2v) is 6.66. The molecule has 0 aliphatic carbocycles. The Balaban J connectivity index is 0.00000127. The summed E-state index contributed by atoms with van der Waals surface area (Å²) in [5.74, 6) is -0.601. The number of primary amides is 1. The van der Waals surface area contributed by atoms with Gasteiger partial charge in [0.1, 0.15) is 5.60 Å². The highest BCUT2D eigenvalue weighted by atomic mass is 79.9. The first-order chi connectivity index (χ1) is 10.7. The second-order valence-electron chi connectivity index (χ2n) is 5.95. The summed E-state index contributed by atoms with van der Waals surface area (Å²) in [5.41, 5.74) is 5.63. The number of aromatic nitrogens is 2. The quantitative estimate of drug-likeness (QED) is 0.800. The molecule has 0 unspecified atom stereocenters. The number of rotatable bonds is 1. The van der Waals surface area contributed by atoms with E-state index >= 15 is 0 Å². The first kappa shape index (κ1) is 19.5. The van der Waals surface area contributed by atoms with Crippen LogP contribution in [0.3, 0.4) is 0 Å². The fourth-order valence-electron chi connectivity index (χ4n) is 2.20. The third-order valence-corrected chi connectivity index (χ3v) is 3.67. The number of halogens is 1. The summed E-state index contributed by atoms with van der Waals surface area (Å²) >= 11 is 3.32. The minimum absolute atomic E-state index is 0.192. The number of nitrogens with two attached hydrogens (primary N) is 1. The molecule has 1 aromatic heterocycles. The Bertz CT molecular complexity index is 578. The monoisotopic (exact) mass is 388 g/mol. The number of carbonyl (C=O) groups excluding carboxylic acids is 2. The van der Waals surface area contributed by atoms with Gasteiger partial charge in [0.05, 0.1) is 12.2 Å². The Kier molecular flexibility index (Phi) is 6.61. The molecule has 0 aromatic carbocycles. The van der Waals surface area contributed by atoms with E-state index in [0.29, 0.717) is 23.5 Å². The summed E-state index contributed by atoms with van der Waals surface area (Å²) in [6.07, 6.45) is 0.350. The van der Waals surface area contributed by atoms with E-state index in [4.69, 9.17) is 10.5 Å². The van der Waals surface area contributed by atoms with Crippen LogP contribution in [-0.4, -0.2) is 38.6 Å². The number of amides is 2. The lowest BCUT2D eigenvalue weighted by Gasteiger charge is -2.26. The van der Waals surface area contributed by atoms with Crippen molar-refractivity contribution in [3.05, 3.63) is 16.1 Å². The summed E-state index contributed by atoms with van der Waals surface area (Å²) in [7, 11) is 0. The molecule has 0 bridgehead atoms. The van der Waals surface area contributed by atoms with Gasteiger partial charge in [0.2, 0.25) is 0 Å². The summed E-state index contributed by atoms with van der Waals surface area (Å²) in [4.78, 5) is 29.4. The van der Waals surface area contributed by atoms with Crippen LogP contribution in [0.25, 0.3) is 0 Å². The van der Waals surface area contributed by atoms with Gasteiger partial charge in [0, 0.05) is 13.1 Å². The van der Waals surface area contributed by atoms with Crippen LogP contribution in [0.5, 0.6) is 0 Å². The Morgan fingerprint density at radius 3 is 2.39 bits per heavy atom. The third kappa shape index (κ3) is 4.95. The topological polar surface area (TPSA) is 90.4 Å². The van der Waals surface area contributed by atoms with Crippen LogP contribution in [-0.2, 0) is 17.8 Å². The fourth-order valence-corrected chi connectivity index (χ4v) is 2.77. The first-order valence-electron chi connectivity index (χ1n) is 7.71. The molecule has 1 aliphatic heterocycles. The normalized spacial score (nSPS) is 14.3. The summed E-state index contributed by atoms with van der Waals surface area (Å²) < 4.78 is 7.80. The van der Waals surface area contributed by atoms with Crippen molar-refractivity contribution in [2.75, 3.05) is 6.54 Å². The number of nitrogens with zero attached hydrogens (tertiary/aromatic N) is 3. The Hall–Kier alpha value is -1.57. The lowest BCUT2D eigenvalue weighted by molar-refractivity contribution is 0.0235. The molecule has 1 aromatic rings. The van der Waals surface area contributed by atoms with E-state index in [-0.39, 0.29) is 12.2 Å². The molecule has 0 saturated carbocycles. The van der Waals surface area contributed by atoms with Crippen LogP contribution in [0, 0.1) is 0 Å². The lowest BCUT2D eigenvalue weighted by atomic mass is 10.2. The molecule has 2 heterocycles. The van der Waals surface area contributed by atoms with Crippen molar-refractivity contribution in [1.29, 1.82) is 0 Å². The second kappa shape index (κ2) is 7.81. The molecule has 130 valence electrons. The molecule has 23 heavy (non-hydrogen) atoms. The van der Waals surface area contributed by atoms with Gasteiger partial charge in [-0.2, -0.15) is 0 Å². The van der Waals surface area contributed by atoms with E-state index < -0.39 is 17.6 Å². The zero-order chi connectivity index (χ0) is 17.8. The highest BCUT2D eigenvalue weighted by molar-refractivity contribution is 9.10. The number of carbonyl (C=O) groups is 2. The van der Waals surface area contributed by atoms with Crippen molar-refractivity contribution in [2.45, 2.75) is 59.7 Å². The van der Waals surface area contributed by atoms with Gasteiger partial charge in [-0.25, -0.2) is 9.78 Å². The molecule has 0 spiro atoms. The molecule has 2 N–H and O–H groups in total. The summed E-state index contributed by atoms with van der Waals surface area (Å²) in [6.45, 7) is 10.9. The number of hydrogen-bond acceptors (Lipinski definition) is 4. The molecular formula is C15H25BrN4O3. The molecule has 8 heteroatoms. The smallest absolute Gasteiger partial charge is 0.410 e. The zero-order valence-electron chi connectivity index (χ0n) is 14.4. The van der Waals surface area contributed by atoms with E-state index in [1.807, 2.05) is 39.2 Å². The minimum atomic E-state index is -0.601. The van der Waals surface area contributed by atoms with Crippen LogP contribution in [0.2, 0.25) is 0 Å². The predicted octanol–water partition coefficient (Wildman–Crippen LogP) is 2.91. The van der Waals surface area contributed by atoms with Gasteiger partial charge in [0.25, 0.3) is 5.91 Å². The number of fused-ring (bicyclic) bond motifs is 1. The highest BCUT2D eigenvalue weighted by Gasteiger charge is 2.28. The van der Waals surface area contributed by atoms with Gasteiger partial charge in [0.15, 0.2) is 10.4 Å². The maximum absolute atomic E-state index is 12.2. The third-order valence-electron chi connectivity index (χ3n) is 3.06. The van der Waals surface area contributed by atoms with Crippen molar-refractivity contribution in [2.24, 2.45) is 5.73 Å². The van der Waals surface area contributed by atoms with Gasteiger partial charge in [-0.3, -0.25) is 4.79 Å². The van der Waals surface area contributed by atoms with Gasteiger partial charge in [-0.1, -0.05) is 13.8 Å². The van der Waals surface area contributed by atoms with Crippen molar-refractivity contribution in [3.63, 3.8) is 0 Å². The van der Waals surface area contributed by atoms with E-state index in [1.54, 1.807) is 4.90 Å². The van der Waals surface area contributed by atoms with E-state index in [9.17, 15) is 9.59 Å². The van der Waals surface area contributed by atoms with Crippen molar-refractivity contribution < 1.29 is 14.3 Å². The molecular weight excluding hydrogens is 364 g/mol. The minimum Gasteiger partial charge on any atom is -0.444 e. The van der Waals surface area contributed by atoms with E-state index in [0.717, 1.165) is 6.42 Å². The van der Waals surface area contributed by atoms with Gasteiger partial charge in [-0.15, -0.1) is 0 Å². The Morgan fingerprint density at radius 2 is 1.87 bits per heavy atom. The maximum atomic E-state index is 12.2. The number of hydrogen-bond donors (Lipinski definition) is 1. The van der Waals surface area contributed by atoms with Crippen molar-refractivity contribution in [1.82, 2.24) is 14.5 Å². The molecule has 2 amide bonds. The number of ether oxygens (including phenoxy) is 1. The lowest BCUT2D eigenvalue weighted by Crippen LogP contribution is -2.37. The summed E-state index contributed by atoms with van der Waals surface area (Å²) in [5, 5.41) is 0. The van der Waals surface area contributed by atoms with Gasteiger partial charge >= 0.3 is 6.09 Å².